The topological polar surface area (TPSA) is 103 Å². The number of hydrogen-bond donors (Lipinski definition) is 1. The van der Waals surface area contributed by atoms with Crippen LogP contribution >= 0.6 is 0 Å². The molecule has 0 aliphatic carbocycles. The molecule has 2 aromatic rings. The number of carbonyl (C=O) groups is 1. The molecule has 0 unspecified atom stereocenters. The Morgan fingerprint density at radius 3 is 2.85 bits per heavy atom. The molecule has 0 aromatic carbocycles. The Hall–Kier alpha value is -2.90. The van der Waals surface area contributed by atoms with Gasteiger partial charge < -0.3 is 9.73 Å². The minimum absolute atomic E-state index is 0.231. The molecule has 0 fully saturated rings. The molecule has 1 N–H and O–H groups in total. The highest BCUT2D eigenvalue weighted by Gasteiger charge is 2.10. The third-order valence-electron chi connectivity index (χ3n) is 2.46. The van der Waals surface area contributed by atoms with E-state index in [1.165, 1.54) is 24.3 Å². The van der Waals surface area contributed by atoms with Crippen LogP contribution in [0.3, 0.4) is 0 Å². The third-order valence-corrected chi connectivity index (χ3v) is 2.46. The largest absolute Gasteiger partial charge is 0.433 e. The Kier molecular flexibility index (Phi) is 3.65. The number of rotatable bonds is 4. The maximum absolute atomic E-state index is 11.7. The zero-order valence-corrected chi connectivity index (χ0v) is 10.9. The van der Waals surface area contributed by atoms with E-state index in [0.29, 0.717) is 11.4 Å². The van der Waals surface area contributed by atoms with Gasteiger partial charge in [-0.05, 0) is 19.1 Å². The average molecular weight is 276 g/mol. The summed E-state index contributed by atoms with van der Waals surface area (Å²) in [5.41, 5.74) is 1.30. The fourth-order valence-corrected chi connectivity index (χ4v) is 1.58. The molecule has 0 radical (unpaired) electrons. The van der Waals surface area contributed by atoms with Gasteiger partial charge in [0.25, 0.3) is 0 Å². The fraction of sp³-hybridized carbons (Fsp3) is 0.167. The molecule has 0 atom stereocenters. The molecule has 0 spiro atoms. The lowest BCUT2D eigenvalue weighted by Crippen LogP contribution is -2.07. The quantitative estimate of drug-likeness (QED) is 0.521. The Balaban J connectivity index is 2.01. The number of aromatic nitrogens is 2. The van der Waals surface area contributed by atoms with Gasteiger partial charge in [-0.3, -0.25) is 19.6 Å². The van der Waals surface area contributed by atoms with Crippen LogP contribution in [0.1, 0.15) is 11.5 Å². The Morgan fingerprint density at radius 2 is 2.30 bits per heavy atom. The number of nitrogens with one attached hydrogen (secondary N) is 1. The maximum Gasteiger partial charge on any atom is 0.433 e. The molecule has 2 aromatic heterocycles. The minimum Gasteiger partial charge on any atom is -0.401 e. The van der Waals surface area contributed by atoms with Crippen molar-refractivity contribution in [1.29, 1.82) is 0 Å². The first-order valence-corrected chi connectivity index (χ1v) is 5.69. The van der Waals surface area contributed by atoms with E-state index in [0.717, 1.165) is 0 Å². The number of furan rings is 1. The Labute approximate surface area is 113 Å². The van der Waals surface area contributed by atoms with E-state index in [-0.39, 0.29) is 17.6 Å². The predicted octanol–water partition coefficient (Wildman–Crippen LogP) is 1.88. The van der Waals surface area contributed by atoms with Crippen molar-refractivity contribution in [2.24, 2.45) is 7.05 Å². The van der Waals surface area contributed by atoms with Crippen LogP contribution in [-0.2, 0) is 11.8 Å². The van der Waals surface area contributed by atoms with Crippen LogP contribution < -0.4 is 5.32 Å². The lowest BCUT2D eigenvalue weighted by atomic mass is 10.3. The summed E-state index contributed by atoms with van der Waals surface area (Å²) in [7, 11) is 1.75. The zero-order valence-electron chi connectivity index (χ0n) is 10.9. The molecular formula is C12H12N4O4. The SMILES string of the molecule is Cc1nn(C)cc1NC(=O)/C=C/c1ccc([N+](=O)[O-])o1. The Bertz CT molecular complexity index is 683. The zero-order chi connectivity index (χ0) is 14.7. The molecule has 104 valence electrons. The first-order chi connectivity index (χ1) is 9.45. The molecule has 0 saturated carbocycles. The van der Waals surface area contributed by atoms with Crippen molar-refractivity contribution in [2.75, 3.05) is 5.32 Å². The van der Waals surface area contributed by atoms with Crippen LogP contribution in [0.2, 0.25) is 0 Å². The van der Waals surface area contributed by atoms with Crippen molar-refractivity contribution in [1.82, 2.24) is 9.78 Å². The summed E-state index contributed by atoms with van der Waals surface area (Å²) in [4.78, 5) is 21.5. The summed E-state index contributed by atoms with van der Waals surface area (Å²) in [5, 5.41) is 17.2. The van der Waals surface area contributed by atoms with Crippen molar-refractivity contribution >= 4 is 23.6 Å². The molecule has 0 aliphatic heterocycles. The van der Waals surface area contributed by atoms with Crippen LogP contribution in [0.4, 0.5) is 11.6 Å². The van der Waals surface area contributed by atoms with Crippen molar-refractivity contribution in [3.63, 3.8) is 0 Å². The Morgan fingerprint density at radius 1 is 1.55 bits per heavy atom. The summed E-state index contributed by atoms with van der Waals surface area (Å²) < 4.78 is 6.48. The van der Waals surface area contributed by atoms with Gasteiger partial charge in [0.15, 0.2) is 0 Å². The maximum atomic E-state index is 11.7. The molecule has 0 saturated heterocycles. The highest BCUT2D eigenvalue weighted by atomic mass is 16.6. The van der Waals surface area contributed by atoms with Crippen LogP contribution in [-0.4, -0.2) is 20.6 Å². The summed E-state index contributed by atoms with van der Waals surface area (Å²) in [6.45, 7) is 1.77. The standard InChI is InChI=1S/C12H12N4O4/c1-8-10(7-15(2)14-8)13-11(17)5-3-9-4-6-12(20-9)16(18)19/h3-7H,1-2H3,(H,13,17)/b5-3+. The molecule has 8 nitrogen and oxygen atoms in total. The predicted molar refractivity (Wildman–Crippen MR) is 71.0 cm³/mol. The van der Waals surface area contributed by atoms with Gasteiger partial charge in [-0.25, -0.2) is 0 Å². The second-order valence-electron chi connectivity index (χ2n) is 4.06. The van der Waals surface area contributed by atoms with Crippen LogP contribution in [0.15, 0.2) is 28.8 Å². The minimum atomic E-state index is -0.642. The van der Waals surface area contributed by atoms with Gasteiger partial charge in [0.05, 0.1) is 17.4 Å². The normalized spacial score (nSPS) is 10.9. The fourth-order valence-electron chi connectivity index (χ4n) is 1.58. The number of aryl methyl sites for hydroxylation is 2. The molecule has 20 heavy (non-hydrogen) atoms. The van der Waals surface area contributed by atoms with E-state index >= 15 is 0 Å². The number of amides is 1. The summed E-state index contributed by atoms with van der Waals surface area (Å²) in [6, 6.07) is 2.64. The van der Waals surface area contributed by atoms with E-state index in [2.05, 4.69) is 10.4 Å². The van der Waals surface area contributed by atoms with Crippen molar-refractivity contribution in [3.8, 4) is 0 Å². The third kappa shape index (κ3) is 3.10. The highest BCUT2D eigenvalue weighted by molar-refractivity contribution is 6.01. The molecule has 2 heterocycles. The number of nitrogens with zero attached hydrogens (tertiary/aromatic N) is 3. The van der Waals surface area contributed by atoms with E-state index in [4.69, 9.17) is 4.42 Å². The van der Waals surface area contributed by atoms with Gasteiger partial charge in [0.1, 0.15) is 10.7 Å². The van der Waals surface area contributed by atoms with Gasteiger partial charge in [-0.1, -0.05) is 0 Å². The van der Waals surface area contributed by atoms with Crippen LogP contribution in [0.25, 0.3) is 6.08 Å². The average Bonchev–Trinajstić information content (AvgIpc) is 2.94. The van der Waals surface area contributed by atoms with Gasteiger partial charge in [-0.2, -0.15) is 5.10 Å². The molecule has 8 heteroatoms. The monoisotopic (exact) mass is 276 g/mol. The first-order valence-electron chi connectivity index (χ1n) is 5.69. The number of carbonyl (C=O) groups excluding carboxylic acids is 1. The highest BCUT2D eigenvalue weighted by Crippen LogP contribution is 2.17. The van der Waals surface area contributed by atoms with E-state index in [9.17, 15) is 14.9 Å². The number of hydrogen-bond acceptors (Lipinski definition) is 5. The molecule has 0 bridgehead atoms. The van der Waals surface area contributed by atoms with Gasteiger partial charge in [0.2, 0.25) is 5.91 Å². The second kappa shape index (κ2) is 5.39. The van der Waals surface area contributed by atoms with Crippen LogP contribution in [0, 0.1) is 17.0 Å². The van der Waals surface area contributed by atoms with Gasteiger partial charge in [0, 0.05) is 19.3 Å². The lowest BCUT2D eigenvalue weighted by Gasteiger charge is -1.97. The molecule has 1 amide bonds. The number of nitro groups is 1. The summed E-state index contributed by atoms with van der Waals surface area (Å²) in [6.07, 6.45) is 4.27. The summed E-state index contributed by atoms with van der Waals surface area (Å²) >= 11 is 0. The van der Waals surface area contributed by atoms with Crippen LogP contribution in [0.5, 0.6) is 0 Å². The lowest BCUT2D eigenvalue weighted by molar-refractivity contribution is -0.402. The van der Waals surface area contributed by atoms with E-state index in [1.54, 1.807) is 24.9 Å². The van der Waals surface area contributed by atoms with Gasteiger partial charge in [-0.15, -0.1) is 0 Å². The van der Waals surface area contributed by atoms with Gasteiger partial charge >= 0.3 is 5.88 Å². The van der Waals surface area contributed by atoms with Crippen molar-refractivity contribution < 1.29 is 14.1 Å². The smallest absolute Gasteiger partial charge is 0.401 e. The number of anilines is 1. The van der Waals surface area contributed by atoms with Crippen molar-refractivity contribution in [3.05, 3.63) is 46.0 Å². The molecular weight excluding hydrogens is 264 g/mol. The molecule has 0 aliphatic rings. The van der Waals surface area contributed by atoms with E-state index in [1.807, 2.05) is 0 Å². The van der Waals surface area contributed by atoms with E-state index < -0.39 is 4.92 Å². The molecule has 2 rings (SSSR count). The summed E-state index contributed by atoms with van der Waals surface area (Å²) in [5.74, 6) is -0.511. The second-order valence-corrected chi connectivity index (χ2v) is 4.06. The van der Waals surface area contributed by atoms with Crippen molar-refractivity contribution in [2.45, 2.75) is 6.92 Å². The first kappa shape index (κ1) is 13.5.